The Morgan fingerprint density at radius 1 is 1.00 bits per heavy atom. The average Bonchev–Trinajstić information content (AvgIpc) is 2.76. The minimum Gasteiger partial charge on any atom is -0.381 e. The predicted octanol–water partition coefficient (Wildman–Crippen LogP) is 4.57. The fourth-order valence-electron chi connectivity index (χ4n) is 2.47. The van der Waals surface area contributed by atoms with Crippen molar-refractivity contribution in [2.24, 2.45) is 0 Å². The van der Waals surface area contributed by atoms with E-state index in [2.05, 4.69) is 29.6 Å². The van der Waals surface area contributed by atoms with Crippen molar-refractivity contribution in [3.05, 3.63) is 63.6 Å². The van der Waals surface area contributed by atoms with Crippen LogP contribution in [0.4, 0.5) is 5.69 Å². The second-order valence-corrected chi connectivity index (χ2v) is 5.42. The quantitative estimate of drug-likeness (QED) is 0.848. The summed E-state index contributed by atoms with van der Waals surface area (Å²) in [6.07, 6.45) is 1.88. The Kier molecular flexibility index (Phi) is 3.19. The molecule has 1 aliphatic rings. The lowest BCUT2D eigenvalue weighted by Crippen LogP contribution is -2.18. The molecule has 0 fully saturated rings. The summed E-state index contributed by atoms with van der Waals surface area (Å²) in [4.78, 5) is 0. The summed E-state index contributed by atoms with van der Waals surface area (Å²) in [6.45, 7) is 0. The number of nitrogens with one attached hydrogen (secondary N) is 1. The van der Waals surface area contributed by atoms with Crippen molar-refractivity contribution >= 4 is 28.9 Å². The predicted molar refractivity (Wildman–Crippen MR) is 77.7 cm³/mol. The van der Waals surface area contributed by atoms with Gasteiger partial charge in [0, 0.05) is 21.8 Å². The highest BCUT2D eigenvalue weighted by molar-refractivity contribution is 6.36. The number of para-hydroxylation sites is 1. The van der Waals surface area contributed by atoms with E-state index in [1.54, 1.807) is 0 Å². The highest BCUT2D eigenvalue weighted by Crippen LogP contribution is 2.31. The molecular weight excluding hydrogens is 265 g/mol. The lowest BCUT2D eigenvalue weighted by Gasteiger charge is -2.13. The van der Waals surface area contributed by atoms with Crippen LogP contribution >= 0.6 is 23.2 Å². The molecule has 3 rings (SSSR count). The fraction of sp³-hybridized carbons (Fsp3) is 0.200. The highest BCUT2D eigenvalue weighted by Gasteiger charge is 2.21. The molecule has 1 atom stereocenters. The van der Waals surface area contributed by atoms with E-state index < -0.39 is 0 Å². The molecule has 0 spiro atoms. The summed E-state index contributed by atoms with van der Waals surface area (Å²) in [5.41, 5.74) is 3.63. The van der Waals surface area contributed by atoms with Crippen molar-refractivity contribution in [2.75, 3.05) is 5.32 Å². The molecule has 1 heterocycles. The zero-order chi connectivity index (χ0) is 12.5. The number of fused-ring (bicyclic) bond motifs is 1. The van der Waals surface area contributed by atoms with E-state index in [1.807, 2.05) is 18.2 Å². The number of hydrogen-bond acceptors (Lipinski definition) is 1. The van der Waals surface area contributed by atoms with Crippen molar-refractivity contribution in [3.8, 4) is 0 Å². The van der Waals surface area contributed by atoms with Crippen LogP contribution < -0.4 is 5.32 Å². The van der Waals surface area contributed by atoms with E-state index in [1.165, 1.54) is 11.3 Å². The SMILES string of the molecule is Clc1cccc(Cl)c1CC1Cc2ccccc2N1. The summed E-state index contributed by atoms with van der Waals surface area (Å²) in [5.74, 6) is 0. The van der Waals surface area contributed by atoms with E-state index in [4.69, 9.17) is 23.2 Å². The summed E-state index contributed by atoms with van der Waals surface area (Å²) in [5, 5.41) is 5.02. The van der Waals surface area contributed by atoms with E-state index >= 15 is 0 Å². The Bertz CT molecular complexity index is 535. The third kappa shape index (κ3) is 2.21. The maximum atomic E-state index is 6.21. The van der Waals surface area contributed by atoms with Crippen LogP contribution in [-0.4, -0.2) is 6.04 Å². The third-order valence-electron chi connectivity index (χ3n) is 3.36. The molecule has 0 saturated carbocycles. The molecule has 1 unspecified atom stereocenters. The lowest BCUT2D eigenvalue weighted by molar-refractivity contribution is 0.746. The number of anilines is 1. The highest BCUT2D eigenvalue weighted by atomic mass is 35.5. The molecule has 1 N–H and O–H groups in total. The first-order valence-electron chi connectivity index (χ1n) is 6.01. The summed E-state index contributed by atoms with van der Waals surface area (Å²) < 4.78 is 0. The second-order valence-electron chi connectivity index (χ2n) is 4.61. The molecule has 1 aliphatic heterocycles. The van der Waals surface area contributed by atoms with Gasteiger partial charge in [0.2, 0.25) is 0 Å². The topological polar surface area (TPSA) is 12.0 Å². The van der Waals surface area contributed by atoms with Crippen LogP contribution in [0.3, 0.4) is 0 Å². The van der Waals surface area contributed by atoms with Gasteiger partial charge in [-0.2, -0.15) is 0 Å². The van der Waals surface area contributed by atoms with Gasteiger partial charge in [-0.3, -0.25) is 0 Å². The fourth-order valence-corrected chi connectivity index (χ4v) is 3.02. The van der Waals surface area contributed by atoms with Crippen LogP contribution in [0.25, 0.3) is 0 Å². The number of hydrogen-bond donors (Lipinski definition) is 1. The summed E-state index contributed by atoms with van der Waals surface area (Å²) in [6, 6.07) is 14.4. The number of benzene rings is 2. The first-order chi connectivity index (χ1) is 8.74. The zero-order valence-electron chi connectivity index (χ0n) is 9.79. The van der Waals surface area contributed by atoms with Crippen LogP contribution in [0, 0.1) is 0 Å². The second kappa shape index (κ2) is 4.83. The number of halogens is 2. The van der Waals surface area contributed by atoms with Crippen LogP contribution in [0.1, 0.15) is 11.1 Å². The molecule has 0 aromatic heterocycles. The van der Waals surface area contributed by atoms with E-state index in [-0.39, 0.29) is 0 Å². The Hall–Kier alpha value is -1.18. The Labute approximate surface area is 117 Å². The van der Waals surface area contributed by atoms with Crippen LogP contribution in [0.2, 0.25) is 10.0 Å². The first kappa shape index (κ1) is 11.9. The van der Waals surface area contributed by atoms with Crippen LogP contribution in [-0.2, 0) is 12.8 Å². The molecule has 0 radical (unpaired) electrons. The minimum absolute atomic E-state index is 0.375. The largest absolute Gasteiger partial charge is 0.381 e. The maximum Gasteiger partial charge on any atom is 0.0453 e. The minimum atomic E-state index is 0.375. The van der Waals surface area contributed by atoms with Gasteiger partial charge >= 0.3 is 0 Å². The molecule has 1 nitrogen and oxygen atoms in total. The molecule has 3 heteroatoms. The molecule has 0 amide bonds. The Balaban J connectivity index is 1.80. The molecular formula is C15H13Cl2N. The molecule has 0 bridgehead atoms. The molecule has 92 valence electrons. The van der Waals surface area contributed by atoms with Gasteiger partial charge in [0.05, 0.1) is 0 Å². The summed E-state index contributed by atoms with van der Waals surface area (Å²) in [7, 11) is 0. The van der Waals surface area contributed by atoms with Crippen molar-refractivity contribution in [1.29, 1.82) is 0 Å². The van der Waals surface area contributed by atoms with E-state index in [0.29, 0.717) is 6.04 Å². The van der Waals surface area contributed by atoms with Crippen LogP contribution in [0.5, 0.6) is 0 Å². The molecule has 2 aromatic carbocycles. The van der Waals surface area contributed by atoms with Crippen molar-refractivity contribution < 1.29 is 0 Å². The van der Waals surface area contributed by atoms with Gasteiger partial charge in [0.25, 0.3) is 0 Å². The van der Waals surface area contributed by atoms with Gasteiger partial charge in [-0.25, -0.2) is 0 Å². The normalized spacial score (nSPS) is 17.3. The molecule has 18 heavy (non-hydrogen) atoms. The van der Waals surface area contributed by atoms with Gasteiger partial charge in [-0.1, -0.05) is 47.5 Å². The van der Waals surface area contributed by atoms with E-state index in [9.17, 15) is 0 Å². The standard InChI is InChI=1S/C15H13Cl2N/c16-13-5-3-6-14(17)12(13)9-11-8-10-4-1-2-7-15(10)18-11/h1-7,11,18H,8-9H2. The van der Waals surface area contributed by atoms with Gasteiger partial charge < -0.3 is 5.32 Å². The van der Waals surface area contributed by atoms with Gasteiger partial charge in [-0.05, 0) is 42.2 Å². The smallest absolute Gasteiger partial charge is 0.0453 e. The Morgan fingerprint density at radius 3 is 2.44 bits per heavy atom. The molecule has 2 aromatic rings. The summed E-state index contributed by atoms with van der Waals surface area (Å²) >= 11 is 12.4. The van der Waals surface area contributed by atoms with Crippen molar-refractivity contribution in [2.45, 2.75) is 18.9 Å². The molecule has 0 aliphatic carbocycles. The van der Waals surface area contributed by atoms with Gasteiger partial charge in [-0.15, -0.1) is 0 Å². The van der Waals surface area contributed by atoms with Crippen LogP contribution in [0.15, 0.2) is 42.5 Å². The molecule has 0 saturated heterocycles. The average molecular weight is 278 g/mol. The van der Waals surface area contributed by atoms with Crippen molar-refractivity contribution in [3.63, 3.8) is 0 Å². The first-order valence-corrected chi connectivity index (χ1v) is 6.77. The van der Waals surface area contributed by atoms with Gasteiger partial charge in [0.1, 0.15) is 0 Å². The lowest BCUT2D eigenvalue weighted by atomic mass is 10.0. The Morgan fingerprint density at radius 2 is 1.72 bits per heavy atom. The zero-order valence-corrected chi connectivity index (χ0v) is 11.3. The van der Waals surface area contributed by atoms with E-state index in [0.717, 1.165) is 28.5 Å². The maximum absolute atomic E-state index is 6.21. The monoisotopic (exact) mass is 277 g/mol. The third-order valence-corrected chi connectivity index (χ3v) is 4.06. The van der Waals surface area contributed by atoms with Gasteiger partial charge in [0.15, 0.2) is 0 Å². The van der Waals surface area contributed by atoms with Crippen molar-refractivity contribution in [1.82, 2.24) is 0 Å². The number of rotatable bonds is 2.